The fraction of sp³-hybridized carbons (Fsp3) is 0.562. The summed E-state index contributed by atoms with van der Waals surface area (Å²) >= 11 is 0. The SMILES string of the molecule is Cc1cc(C)cc(N(C)C(=O)CCC2CCNC2)c1.Cl. The maximum atomic E-state index is 12.2. The van der Waals surface area contributed by atoms with Crippen LogP contribution in [0.2, 0.25) is 0 Å². The highest BCUT2D eigenvalue weighted by molar-refractivity contribution is 5.92. The van der Waals surface area contributed by atoms with Crippen LogP contribution < -0.4 is 10.2 Å². The molecule has 1 aliphatic heterocycles. The van der Waals surface area contributed by atoms with E-state index in [0.717, 1.165) is 25.2 Å². The molecule has 4 heteroatoms. The molecule has 1 heterocycles. The van der Waals surface area contributed by atoms with Gasteiger partial charge in [0.25, 0.3) is 0 Å². The molecule has 0 radical (unpaired) electrons. The first-order valence-electron chi connectivity index (χ1n) is 7.12. The van der Waals surface area contributed by atoms with E-state index in [0.29, 0.717) is 12.3 Å². The average molecular weight is 297 g/mol. The molecule has 1 unspecified atom stereocenters. The van der Waals surface area contributed by atoms with Crippen molar-refractivity contribution in [1.29, 1.82) is 0 Å². The monoisotopic (exact) mass is 296 g/mol. The zero-order chi connectivity index (χ0) is 13.8. The quantitative estimate of drug-likeness (QED) is 0.926. The number of halogens is 1. The number of aryl methyl sites for hydroxylation is 2. The second-order valence-electron chi connectivity index (χ2n) is 5.70. The van der Waals surface area contributed by atoms with Crippen molar-refractivity contribution in [1.82, 2.24) is 5.32 Å². The predicted octanol–water partition coefficient (Wildman–Crippen LogP) is 3.08. The van der Waals surface area contributed by atoms with Crippen molar-refractivity contribution in [3.63, 3.8) is 0 Å². The Morgan fingerprint density at radius 2 is 1.95 bits per heavy atom. The van der Waals surface area contributed by atoms with E-state index in [4.69, 9.17) is 0 Å². The average Bonchev–Trinajstić information content (AvgIpc) is 2.87. The lowest BCUT2D eigenvalue weighted by atomic mass is 10.0. The molecule has 1 saturated heterocycles. The summed E-state index contributed by atoms with van der Waals surface area (Å²) in [6, 6.07) is 6.27. The summed E-state index contributed by atoms with van der Waals surface area (Å²) in [5.41, 5.74) is 3.41. The maximum Gasteiger partial charge on any atom is 0.226 e. The maximum absolute atomic E-state index is 12.2. The summed E-state index contributed by atoms with van der Waals surface area (Å²) in [7, 11) is 1.88. The third kappa shape index (κ3) is 4.50. The van der Waals surface area contributed by atoms with Crippen LogP contribution >= 0.6 is 12.4 Å². The third-order valence-corrected chi connectivity index (χ3v) is 3.90. The van der Waals surface area contributed by atoms with E-state index < -0.39 is 0 Å². The third-order valence-electron chi connectivity index (χ3n) is 3.90. The standard InChI is InChI=1S/C16H24N2O.ClH/c1-12-8-13(2)10-15(9-12)18(3)16(19)5-4-14-6-7-17-11-14;/h8-10,14,17H,4-7,11H2,1-3H3;1H. The summed E-state index contributed by atoms with van der Waals surface area (Å²) in [5.74, 6) is 0.897. The van der Waals surface area contributed by atoms with E-state index in [2.05, 4.69) is 37.4 Å². The number of anilines is 1. The van der Waals surface area contributed by atoms with Gasteiger partial charge in [0.05, 0.1) is 0 Å². The molecular weight excluding hydrogens is 272 g/mol. The van der Waals surface area contributed by atoms with Gasteiger partial charge in [-0.3, -0.25) is 4.79 Å². The van der Waals surface area contributed by atoms with Crippen LogP contribution in [-0.2, 0) is 4.79 Å². The van der Waals surface area contributed by atoms with Crippen LogP contribution in [0.25, 0.3) is 0 Å². The molecule has 0 saturated carbocycles. The predicted molar refractivity (Wildman–Crippen MR) is 86.8 cm³/mol. The first kappa shape index (κ1) is 17.0. The fourth-order valence-corrected chi connectivity index (χ4v) is 2.74. The van der Waals surface area contributed by atoms with E-state index in [9.17, 15) is 4.79 Å². The topological polar surface area (TPSA) is 32.3 Å². The summed E-state index contributed by atoms with van der Waals surface area (Å²) < 4.78 is 0. The van der Waals surface area contributed by atoms with E-state index in [1.807, 2.05) is 7.05 Å². The number of carbonyl (C=O) groups excluding carboxylic acids is 1. The molecule has 1 amide bonds. The van der Waals surface area contributed by atoms with Crippen LogP contribution in [0.1, 0.15) is 30.4 Å². The normalized spacial score (nSPS) is 17.6. The van der Waals surface area contributed by atoms with Crippen LogP contribution in [0.4, 0.5) is 5.69 Å². The van der Waals surface area contributed by atoms with E-state index >= 15 is 0 Å². The highest BCUT2D eigenvalue weighted by Crippen LogP contribution is 2.20. The molecule has 1 aromatic carbocycles. The van der Waals surface area contributed by atoms with Crippen molar-refractivity contribution in [2.45, 2.75) is 33.1 Å². The number of rotatable bonds is 4. The number of benzene rings is 1. The second kappa shape index (κ2) is 7.65. The molecule has 112 valence electrons. The van der Waals surface area contributed by atoms with Crippen molar-refractivity contribution >= 4 is 24.0 Å². The Balaban J connectivity index is 0.00000200. The molecular formula is C16H25ClN2O. The van der Waals surface area contributed by atoms with Gasteiger partial charge >= 0.3 is 0 Å². The zero-order valence-corrected chi connectivity index (χ0v) is 13.4. The molecule has 1 atom stereocenters. The molecule has 3 nitrogen and oxygen atoms in total. The molecule has 1 fully saturated rings. The first-order chi connectivity index (χ1) is 9.06. The first-order valence-corrected chi connectivity index (χ1v) is 7.12. The van der Waals surface area contributed by atoms with Gasteiger partial charge in [-0.2, -0.15) is 0 Å². The number of nitrogens with one attached hydrogen (secondary N) is 1. The molecule has 1 N–H and O–H groups in total. The van der Waals surface area contributed by atoms with Crippen molar-refractivity contribution in [3.05, 3.63) is 29.3 Å². The van der Waals surface area contributed by atoms with E-state index in [-0.39, 0.29) is 18.3 Å². The van der Waals surface area contributed by atoms with Gasteiger partial charge in [0, 0.05) is 19.2 Å². The van der Waals surface area contributed by atoms with Gasteiger partial charge in [0.15, 0.2) is 0 Å². The summed E-state index contributed by atoms with van der Waals surface area (Å²) in [5, 5.41) is 3.35. The second-order valence-corrected chi connectivity index (χ2v) is 5.70. The smallest absolute Gasteiger partial charge is 0.226 e. The minimum absolute atomic E-state index is 0. The lowest BCUT2D eigenvalue weighted by Gasteiger charge is -2.19. The van der Waals surface area contributed by atoms with E-state index in [1.165, 1.54) is 17.5 Å². The highest BCUT2D eigenvalue weighted by Gasteiger charge is 2.18. The van der Waals surface area contributed by atoms with Gasteiger partial charge in [0.1, 0.15) is 0 Å². The Morgan fingerprint density at radius 1 is 1.30 bits per heavy atom. The highest BCUT2D eigenvalue weighted by atomic mass is 35.5. The van der Waals surface area contributed by atoms with Crippen molar-refractivity contribution in [2.75, 3.05) is 25.0 Å². The zero-order valence-electron chi connectivity index (χ0n) is 12.6. The molecule has 0 spiro atoms. The van der Waals surface area contributed by atoms with Crippen molar-refractivity contribution in [3.8, 4) is 0 Å². The van der Waals surface area contributed by atoms with Crippen LogP contribution in [0.15, 0.2) is 18.2 Å². The fourth-order valence-electron chi connectivity index (χ4n) is 2.74. The molecule has 20 heavy (non-hydrogen) atoms. The lowest BCUT2D eigenvalue weighted by Crippen LogP contribution is -2.26. The summed E-state index contributed by atoms with van der Waals surface area (Å²) in [6.45, 7) is 6.31. The number of hydrogen-bond acceptors (Lipinski definition) is 2. The Morgan fingerprint density at radius 3 is 2.50 bits per heavy atom. The molecule has 2 rings (SSSR count). The summed E-state index contributed by atoms with van der Waals surface area (Å²) in [6.07, 6.45) is 2.86. The van der Waals surface area contributed by atoms with Crippen molar-refractivity contribution < 1.29 is 4.79 Å². The van der Waals surface area contributed by atoms with Gasteiger partial charge < -0.3 is 10.2 Å². The Bertz CT molecular complexity index is 436. The molecule has 0 aromatic heterocycles. The minimum atomic E-state index is 0. The Hall–Kier alpha value is -1.06. The Kier molecular flexibility index (Phi) is 6.50. The molecule has 1 aliphatic rings. The minimum Gasteiger partial charge on any atom is -0.316 e. The number of nitrogens with zero attached hydrogens (tertiary/aromatic N) is 1. The molecule has 0 aliphatic carbocycles. The number of amides is 1. The van der Waals surface area contributed by atoms with Gasteiger partial charge in [-0.25, -0.2) is 0 Å². The van der Waals surface area contributed by atoms with E-state index in [1.54, 1.807) is 4.90 Å². The lowest BCUT2D eigenvalue weighted by molar-refractivity contribution is -0.118. The largest absolute Gasteiger partial charge is 0.316 e. The Labute approximate surface area is 128 Å². The number of carbonyl (C=O) groups is 1. The van der Waals surface area contributed by atoms with Crippen LogP contribution in [0.5, 0.6) is 0 Å². The summed E-state index contributed by atoms with van der Waals surface area (Å²) in [4.78, 5) is 14.0. The molecule has 1 aromatic rings. The van der Waals surface area contributed by atoms with Gasteiger partial charge in [-0.05, 0) is 69.0 Å². The van der Waals surface area contributed by atoms with Crippen molar-refractivity contribution in [2.24, 2.45) is 5.92 Å². The van der Waals surface area contributed by atoms with Crippen LogP contribution in [-0.4, -0.2) is 26.0 Å². The van der Waals surface area contributed by atoms with Gasteiger partial charge in [0.2, 0.25) is 5.91 Å². The molecule has 0 bridgehead atoms. The number of hydrogen-bond donors (Lipinski definition) is 1. The van der Waals surface area contributed by atoms with Crippen LogP contribution in [0.3, 0.4) is 0 Å². The van der Waals surface area contributed by atoms with Gasteiger partial charge in [-0.15, -0.1) is 12.4 Å². The van der Waals surface area contributed by atoms with Crippen LogP contribution in [0, 0.1) is 19.8 Å². The van der Waals surface area contributed by atoms with Gasteiger partial charge in [-0.1, -0.05) is 6.07 Å².